The Kier molecular flexibility index (Phi) is 6.53. The number of nitrogens with one attached hydrogen (secondary N) is 1. The normalized spacial score (nSPS) is 19.5. The molecule has 7 nitrogen and oxygen atoms in total. The number of ether oxygens (including phenoxy) is 2. The lowest BCUT2D eigenvalue weighted by Crippen LogP contribution is -2.35. The first kappa shape index (κ1) is 21.3. The molecule has 1 atom stereocenters. The van der Waals surface area contributed by atoms with E-state index < -0.39 is 5.92 Å². The zero-order chi connectivity index (χ0) is 21.8. The molecule has 2 aliphatic rings. The summed E-state index contributed by atoms with van der Waals surface area (Å²) in [5.41, 5.74) is 3.66. The van der Waals surface area contributed by atoms with E-state index in [0.717, 1.165) is 55.3 Å². The van der Waals surface area contributed by atoms with Gasteiger partial charge in [-0.05, 0) is 42.3 Å². The van der Waals surface area contributed by atoms with Gasteiger partial charge in [-0.2, -0.15) is 0 Å². The summed E-state index contributed by atoms with van der Waals surface area (Å²) >= 11 is 0. The van der Waals surface area contributed by atoms with Crippen LogP contribution >= 0.6 is 0 Å². The third kappa shape index (κ3) is 5.06. The van der Waals surface area contributed by atoms with Crippen LogP contribution in [0.25, 0.3) is 0 Å². The highest BCUT2D eigenvalue weighted by atomic mass is 16.5. The summed E-state index contributed by atoms with van der Waals surface area (Å²) in [5, 5.41) is 3.00. The van der Waals surface area contributed by atoms with Gasteiger partial charge < -0.3 is 19.7 Å². The Bertz CT molecular complexity index is 956. The largest absolute Gasteiger partial charge is 0.495 e. The van der Waals surface area contributed by atoms with E-state index >= 15 is 0 Å². The molecular formula is C24H29N3O4. The van der Waals surface area contributed by atoms with Crippen molar-refractivity contribution >= 4 is 23.2 Å². The number of carbonyl (C=O) groups is 2. The van der Waals surface area contributed by atoms with Gasteiger partial charge in [0, 0.05) is 38.3 Å². The minimum atomic E-state index is -0.402. The molecule has 31 heavy (non-hydrogen) atoms. The standard InChI is InChI=1S/C24H29N3O4/c1-17-6-7-22(30-2)21(12-17)27-16-19(14-23(27)28)24(29)25-20-5-3-4-18(13-20)15-26-8-10-31-11-9-26/h3-7,12-13,19H,8-11,14-16H2,1-2H3,(H,25,29). The maximum absolute atomic E-state index is 12.9. The Labute approximate surface area is 182 Å². The molecule has 4 rings (SSSR count). The van der Waals surface area contributed by atoms with E-state index in [1.54, 1.807) is 12.0 Å². The molecule has 2 aromatic rings. The third-order valence-corrected chi connectivity index (χ3v) is 5.83. The van der Waals surface area contributed by atoms with Crippen LogP contribution in [0.2, 0.25) is 0 Å². The van der Waals surface area contributed by atoms with Crippen molar-refractivity contribution in [2.45, 2.75) is 19.9 Å². The number of methoxy groups -OCH3 is 1. The predicted molar refractivity (Wildman–Crippen MR) is 119 cm³/mol. The molecule has 1 N–H and O–H groups in total. The van der Waals surface area contributed by atoms with Crippen LogP contribution in [-0.2, 0) is 20.9 Å². The Balaban J connectivity index is 1.41. The van der Waals surface area contributed by atoms with Crippen LogP contribution in [0.3, 0.4) is 0 Å². The van der Waals surface area contributed by atoms with Crippen molar-refractivity contribution in [3.63, 3.8) is 0 Å². The van der Waals surface area contributed by atoms with Gasteiger partial charge in [0.05, 0.1) is 31.9 Å². The van der Waals surface area contributed by atoms with Gasteiger partial charge >= 0.3 is 0 Å². The highest BCUT2D eigenvalue weighted by molar-refractivity contribution is 6.04. The van der Waals surface area contributed by atoms with Gasteiger partial charge in [-0.1, -0.05) is 18.2 Å². The lowest BCUT2D eigenvalue weighted by Gasteiger charge is -2.26. The van der Waals surface area contributed by atoms with Crippen LogP contribution in [0.4, 0.5) is 11.4 Å². The molecule has 2 aliphatic heterocycles. The summed E-state index contributed by atoms with van der Waals surface area (Å²) in [6.45, 7) is 6.49. The minimum Gasteiger partial charge on any atom is -0.495 e. The molecule has 2 fully saturated rings. The maximum atomic E-state index is 12.9. The van der Waals surface area contributed by atoms with E-state index in [1.807, 2.05) is 43.3 Å². The Morgan fingerprint density at radius 2 is 2.00 bits per heavy atom. The molecule has 2 amide bonds. The molecule has 0 spiro atoms. The number of hydrogen-bond acceptors (Lipinski definition) is 5. The lowest BCUT2D eigenvalue weighted by molar-refractivity contribution is -0.122. The first-order valence-electron chi connectivity index (χ1n) is 10.7. The average molecular weight is 424 g/mol. The predicted octanol–water partition coefficient (Wildman–Crippen LogP) is 2.83. The van der Waals surface area contributed by atoms with Gasteiger partial charge in [0.1, 0.15) is 5.75 Å². The molecular weight excluding hydrogens is 394 g/mol. The van der Waals surface area contributed by atoms with Gasteiger partial charge in [0.2, 0.25) is 11.8 Å². The number of aryl methyl sites for hydroxylation is 1. The van der Waals surface area contributed by atoms with Crippen molar-refractivity contribution in [2.24, 2.45) is 5.92 Å². The van der Waals surface area contributed by atoms with Crippen molar-refractivity contribution < 1.29 is 19.1 Å². The molecule has 2 aromatic carbocycles. The van der Waals surface area contributed by atoms with Crippen molar-refractivity contribution in [3.05, 3.63) is 53.6 Å². The Morgan fingerprint density at radius 3 is 2.77 bits per heavy atom. The van der Waals surface area contributed by atoms with Crippen molar-refractivity contribution in [1.29, 1.82) is 0 Å². The molecule has 0 radical (unpaired) electrons. The van der Waals surface area contributed by atoms with E-state index in [1.165, 1.54) is 0 Å². The molecule has 164 valence electrons. The summed E-state index contributed by atoms with van der Waals surface area (Å²) in [6.07, 6.45) is 0.191. The smallest absolute Gasteiger partial charge is 0.229 e. The SMILES string of the molecule is COc1ccc(C)cc1N1CC(C(=O)Nc2cccc(CN3CCOCC3)c2)CC1=O. The number of rotatable bonds is 6. The Morgan fingerprint density at radius 1 is 1.19 bits per heavy atom. The van der Waals surface area contributed by atoms with E-state index in [4.69, 9.17) is 9.47 Å². The molecule has 2 saturated heterocycles. The van der Waals surface area contributed by atoms with Crippen LogP contribution in [0.5, 0.6) is 5.75 Å². The molecule has 0 aromatic heterocycles. The minimum absolute atomic E-state index is 0.0647. The van der Waals surface area contributed by atoms with Gasteiger partial charge in [-0.3, -0.25) is 14.5 Å². The van der Waals surface area contributed by atoms with Crippen molar-refractivity contribution in [1.82, 2.24) is 4.90 Å². The summed E-state index contributed by atoms with van der Waals surface area (Å²) in [6, 6.07) is 13.6. The zero-order valence-electron chi connectivity index (χ0n) is 18.1. The number of nitrogens with zero attached hydrogens (tertiary/aromatic N) is 2. The second-order valence-corrected chi connectivity index (χ2v) is 8.16. The second kappa shape index (κ2) is 9.49. The van der Waals surface area contributed by atoms with Gasteiger partial charge in [-0.15, -0.1) is 0 Å². The third-order valence-electron chi connectivity index (χ3n) is 5.83. The fourth-order valence-corrected chi connectivity index (χ4v) is 4.14. The number of hydrogen-bond donors (Lipinski definition) is 1. The number of morpholine rings is 1. The van der Waals surface area contributed by atoms with Crippen LogP contribution in [0.15, 0.2) is 42.5 Å². The quantitative estimate of drug-likeness (QED) is 0.774. The lowest BCUT2D eigenvalue weighted by atomic mass is 10.1. The second-order valence-electron chi connectivity index (χ2n) is 8.16. The molecule has 0 saturated carbocycles. The molecule has 7 heteroatoms. The van der Waals surface area contributed by atoms with E-state index in [9.17, 15) is 9.59 Å². The monoisotopic (exact) mass is 423 g/mol. The molecule has 1 unspecified atom stereocenters. The highest BCUT2D eigenvalue weighted by Gasteiger charge is 2.36. The topological polar surface area (TPSA) is 71.1 Å². The summed E-state index contributed by atoms with van der Waals surface area (Å²) < 4.78 is 10.8. The van der Waals surface area contributed by atoms with Gasteiger partial charge in [-0.25, -0.2) is 0 Å². The van der Waals surface area contributed by atoms with Crippen molar-refractivity contribution in [3.8, 4) is 5.75 Å². The van der Waals surface area contributed by atoms with E-state index in [-0.39, 0.29) is 18.2 Å². The van der Waals surface area contributed by atoms with Gasteiger partial charge in [0.15, 0.2) is 0 Å². The van der Waals surface area contributed by atoms with Crippen LogP contribution in [-0.4, -0.2) is 56.7 Å². The van der Waals surface area contributed by atoms with Gasteiger partial charge in [0.25, 0.3) is 0 Å². The fourth-order valence-electron chi connectivity index (χ4n) is 4.14. The number of carbonyl (C=O) groups excluding carboxylic acids is 2. The zero-order valence-corrected chi connectivity index (χ0v) is 18.1. The first-order valence-corrected chi connectivity index (χ1v) is 10.7. The maximum Gasteiger partial charge on any atom is 0.229 e. The number of amides is 2. The Hall–Kier alpha value is -2.90. The first-order chi connectivity index (χ1) is 15.0. The summed E-state index contributed by atoms with van der Waals surface area (Å²) in [5.74, 6) is 0.0348. The van der Waals surface area contributed by atoms with Crippen molar-refractivity contribution in [2.75, 3.05) is 50.2 Å². The van der Waals surface area contributed by atoms with E-state index in [0.29, 0.717) is 12.3 Å². The van der Waals surface area contributed by atoms with Crippen LogP contribution in [0, 0.1) is 12.8 Å². The average Bonchev–Trinajstić information content (AvgIpc) is 3.16. The molecule has 2 heterocycles. The molecule has 0 aliphatic carbocycles. The summed E-state index contributed by atoms with van der Waals surface area (Å²) in [7, 11) is 1.59. The van der Waals surface area contributed by atoms with Crippen LogP contribution in [0.1, 0.15) is 17.5 Å². The summed E-state index contributed by atoms with van der Waals surface area (Å²) in [4.78, 5) is 29.6. The van der Waals surface area contributed by atoms with Crippen LogP contribution < -0.4 is 15.0 Å². The number of anilines is 2. The fraction of sp³-hybridized carbons (Fsp3) is 0.417. The van der Waals surface area contributed by atoms with E-state index in [2.05, 4.69) is 16.3 Å². The number of benzene rings is 2. The molecule has 0 bridgehead atoms. The highest BCUT2D eigenvalue weighted by Crippen LogP contribution is 2.34.